The van der Waals surface area contributed by atoms with E-state index in [1.807, 2.05) is 13.1 Å². The molecule has 0 radical (unpaired) electrons. The molecule has 2 aromatic rings. The first-order valence-corrected chi connectivity index (χ1v) is 6.47. The lowest BCUT2D eigenvalue weighted by Gasteiger charge is -2.11. The Morgan fingerprint density at radius 3 is 2.74 bits per heavy atom. The molecule has 0 saturated carbocycles. The van der Waals surface area contributed by atoms with Crippen molar-refractivity contribution in [2.75, 3.05) is 19.0 Å². The number of nitrogens with zero attached hydrogens (tertiary/aromatic N) is 2. The molecule has 0 amide bonds. The Bertz CT molecular complexity index is 561. The molecular weight excluding hydrogens is 238 g/mol. The number of methoxy groups -OCH3 is 1. The molecule has 19 heavy (non-hydrogen) atoms. The van der Waals surface area contributed by atoms with Crippen molar-refractivity contribution in [3.63, 3.8) is 0 Å². The summed E-state index contributed by atoms with van der Waals surface area (Å²) in [6.45, 7) is 7.67. The molecule has 4 nitrogen and oxygen atoms in total. The summed E-state index contributed by atoms with van der Waals surface area (Å²) >= 11 is 0. The molecule has 0 aliphatic carbocycles. The fourth-order valence-electron chi connectivity index (χ4n) is 2.08. The number of rotatable bonds is 5. The largest absolute Gasteiger partial charge is 0.383 e. The number of ether oxygens (including phenoxy) is 1. The third-order valence-electron chi connectivity index (χ3n) is 3.06. The van der Waals surface area contributed by atoms with Crippen molar-refractivity contribution in [3.05, 3.63) is 41.2 Å². The van der Waals surface area contributed by atoms with Crippen LogP contribution in [0.4, 0.5) is 11.6 Å². The van der Waals surface area contributed by atoms with Crippen LogP contribution in [0.25, 0.3) is 0 Å². The zero-order valence-electron chi connectivity index (χ0n) is 12.0. The molecule has 0 fully saturated rings. The standard InChI is InChI=1S/C15H21N3O/c1-11-5-6-14(12(2)9-11)17-15-16-13(3)10-18(15)7-8-19-4/h5-6,9-10H,7-8H2,1-4H3,(H,16,17). The van der Waals surface area contributed by atoms with E-state index in [2.05, 4.69) is 46.9 Å². The second kappa shape index (κ2) is 5.89. The summed E-state index contributed by atoms with van der Waals surface area (Å²) in [6, 6.07) is 6.36. The van der Waals surface area contributed by atoms with Crippen LogP contribution in [-0.2, 0) is 11.3 Å². The van der Waals surface area contributed by atoms with Gasteiger partial charge in [-0.1, -0.05) is 17.7 Å². The number of aromatic nitrogens is 2. The van der Waals surface area contributed by atoms with Crippen molar-refractivity contribution in [1.82, 2.24) is 9.55 Å². The average Bonchev–Trinajstić information content (AvgIpc) is 2.70. The summed E-state index contributed by atoms with van der Waals surface area (Å²) in [7, 11) is 1.71. The molecule has 1 aromatic carbocycles. The van der Waals surface area contributed by atoms with Crippen molar-refractivity contribution in [3.8, 4) is 0 Å². The summed E-state index contributed by atoms with van der Waals surface area (Å²) in [5.74, 6) is 0.863. The quantitative estimate of drug-likeness (QED) is 0.896. The van der Waals surface area contributed by atoms with Gasteiger partial charge in [-0.15, -0.1) is 0 Å². The van der Waals surface area contributed by atoms with Crippen LogP contribution in [0.5, 0.6) is 0 Å². The van der Waals surface area contributed by atoms with Gasteiger partial charge in [-0.2, -0.15) is 0 Å². The van der Waals surface area contributed by atoms with Crippen LogP contribution in [0.2, 0.25) is 0 Å². The van der Waals surface area contributed by atoms with Gasteiger partial charge in [0.1, 0.15) is 0 Å². The molecule has 0 unspecified atom stereocenters. The van der Waals surface area contributed by atoms with Gasteiger partial charge in [0.05, 0.1) is 12.3 Å². The van der Waals surface area contributed by atoms with E-state index in [-0.39, 0.29) is 0 Å². The van der Waals surface area contributed by atoms with Crippen molar-refractivity contribution >= 4 is 11.6 Å². The Hall–Kier alpha value is -1.81. The lowest BCUT2D eigenvalue weighted by molar-refractivity contribution is 0.188. The lowest BCUT2D eigenvalue weighted by Crippen LogP contribution is -2.07. The summed E-state index contributed by atoms with van der Waals surface area (Å²) in [5.41, 5.74) is 4.58. The number of nitrogens with one attached hydrogen (secondary N) is 1. The minimum atomic E-state index is 0.678. The number of hydrogen-bond donors (Lipinski definition) is 1. The molecule has 0 spiro atoms. The molecular formula is C15H21N3O. The van der Waals surface area contributed by atoms with E-state index in [1.165, 1.54) is 11.1 Å². The normalized spacial score (nSPS) is 10.7. The zero-order chi connectivity index (χ0) is 13.8. The minimum absolute atomic E-state index is 0.678. The van der Waals surface area contributed by atoms with E-state index in [4.69, 9.17) is 4.74 Å². The molecule has 0 aliphatic heterocycles. The maximum absolute atomic E-state index is 5.12. The zero-order valence-corrected chi connectivity index (χ0v) is 12.0. The number of hydrogen-bond acceptors (Lipinski definition) is 3. The number of imidazole rings is 1. The van der Waals surface area contributed by atoms with Crippen LogP contribution in [0, 0.1) is 20.8 Å². The lowest BCUT2D eigenvalue weighted by atomic mass is 10.1. The average molecular weight is 259 g/mol. The highest BCUT2D eigenvalue weighted by Gasteiger charge is 2.07. The molecule has 1 heterocycles. The van der Waals surface area contributed by atoms with Gasteiger partial charge in [-0.05, 0) is 32.4 Å². The van der Waals surface area contributed by atoms with E-state index >= 15 is 0 Å². The van der Waals surface area contributed by atoms with Crippen LogP contribution < -0.4 is 5.32 Å². The van der Waals surface area contributed by atoms with Crippen LogP contribution in [0.3, 0.4) is 0 Å². The molecule has 0 saturated heterocycles. The highest BCUT2D eigenvalue weighted by atomic mass is 16.5. The summed E-state index contributed by atoms with van der Waals surface area (Å²) in [5, 5.41) is 3.39. The molecule has 1 aromatic heterocycles. The second-order valence-corrected chi connectivity index (χ2v) is 4.84. The summed E-state index contributed by atoms with van der Waals surface area (Å²) < 4.78 is 7.20. The molecule has 2 rings (SSSR count). The van der Waals surface area contributed by atoms with E-state index in [0.29, 0.717) is 6.61 Å². The predicted octanol–water partition coefficient (Wildman–Crippen LogP) is 3.20. The predicted molar refractivity (Wildman–Crippen MR) is 78.0 cm³/mol. The molecule has 0 aliphatic rings. The molecule has 1 N–H and O–H groups in total. The molecule has 4 heteroatoms. The maximum Gasteiger partial charge on any atom is 0.207 e. The Kier molecular flexibility index (Phi) is 4.22. The molecule has 0 atom stereocenters. The maximum atomic E-state index is 5.12. The van der Waals surface area contributed by atoms with Crippen molar-refractivity contribution in [2.45, 2.75) is 27.3 Å². The SMILES string of the molecule is COCCn1cc(C)nc1Nc1ccc(C)cc1C. The molecule has 102 valence electrons. The van der Waals surface area contributed by atoms with Crippen LogP contribution in [0.15, 0.2) is 24.4 Å². The second-order valence-electron chi connectivity index (χ2n) is 4.84. The minimum Gasteiger partial charge on any atom is -0.383 e. The number of anilines is 2. The van der Waals surface area contributed by atoms with Gasteiger partial charge in [0.25, 0.3) is 0 Å². The Morgan fingerprint density at radius 2 is 2.05 bits per heavy atom. The van der Waals surface area contributed by atoms with Gasteiger partial charge >= 0.3 is 0 Å². The van der Waals surface area contributed by atoms with Crippen molar-refractivity contribution in [2.24, 2.45) is 0 Å². The fraction of sp³-hybridized carbons (Fsp3) is 0.400. The van der Waals surface area contributed by atoms with Gasteiger partial charge in [0, 0.05) is 25.5 Å². The third-order valence-corrected chi connectivity index (χ3v) is 3.06. The van der Waals surface area contributed by atoms with Crippen molar-refractivity contribution < 1.29 is 4.74 Å². The summed E-state index contributed by atoms with van der Waals surface area (Å²) in [6.07, 6.45) is 2.03. The number of benzene rings is 1. The monoisotopic (exact) mass is 259 g/mol. The first-order valence-electron chi connectivity index (χ1n) is 6.47. The third kappa shape index (κ3) is 3.35. The van der Waals surface area contributed by atoms with Gasteiger partial charge in [-0.25, -0.2) is 4.98 Å². The Labute approximate surface area is 114 Å². The highest BCUT2D eigenvalue weighted by Crippen LogP contribution is 2.21. The van der Waals surface area contributed by atoms with E-state index in [0.717, 1.165) is 23.9 Å². The first kappa shape index (κ1) is 13.6. The van der Waals surface area contributed by atoms with E-state index in [9.17, 15) is 0 Å². The van der Waals surface area contributed by atoms with Crippen LogP contribution >= 0.6 is 0 Å². The Balaban J connectivity index is 2.22. The van der Waals surface area contributed by atoms with E-state index in [1.54, 1.807) is 7.11 Å². The van der Waals surface area contributed by atoms with Crippen molar-refractivity contribution in [1.29, 1.82) is 0 Å². The summed E-state index contributed by atoms with van der Waals surface area (Å²) in [4.78, 5) is 4.52. The Morgan fingerprint density at radius 1 is 1.26 bits per heavy atom. The van der Waals surface area contributed by atoms with Gasteiger partial charge in [0.2, 0.25) is 5.95 Å². The first-order chi connectivity index (χ1) is 9.10. The van der Waals surface area contributed by atoms with Gasteiger partial charge < -0.3 is 14.6 Å². The van der Waals surface area contributed by atoms with E-state index < -0.39 is 0 Å². The number of aryl methyl sites for hydroxylation is 3. The smallest absolute Gasteiger partial charge is 0.207 e. The molecule has 0 bridgehead atoms. The van der Waals surface area contributed by atoms with Gasteiger partial charge in [-0.3, -0.25) is 0 Å². The fourth-order valence-corrected chi connectivity index (χ4v) is 2.08. The van der Waals surface area contributed by atoms with Crippen LogP contribution in [-0.4, -0.2) is 23.3 Å². The highest BCUT2D eigenvalue weighted by molar-refractivity contribution is 5.59. The topological polar surface area (TPSA) is 39.1 Å². The van der Waals surface area contributed by atoms with Gasteiger partial charge in [0.15, 0.2) is 0 Å². The van der Waals surface area contributed by atoms with Crippen LogP contribution in [0.1, 0.15) is 16.8 Å².